The summed E-state index contributed by atoms with van der Waals surface area (Å²) < 4.78 is 0. The Labute approximate surface area is 184 Å². The number of aromatic nitrogens is 2. The topological polar surface area (TPSA) is 65.7 Å². The van der Waals surface area contributed by atoms with Crippen molar-refractivity contribution >= 4 is 34.0 Å². The molecule has 4 nitrogen and oxygen atoms in total. The van der Waals surface area contributed by atoms with Gasteiger partial charge in [-0.25, -0.2) is 0 Å². The molecule has 0 saturated heterocycles. The first-order valence-electron chi connectivity index (χ1n) is 9.31. The van der Waals surface area contributed by atoms with Crippen LogP contribution >= 0.6 is 34.0 Å². The van der Waals surface area contributed by atoms with Crippen LogP contribution in [0.2, 0.25) is 0 Å². The Hall–Kier alpha value is -3.00. The standard InChI is InChI=1S/C23H16N2O2S3/c26-22-24-18(14-8-3-1-4-9-14)20(29-22)17(16-12-7-13-28-16)21-19(25-23(27)30-21)15-10-5-2-6-11-15/h1-13,17H,(H,24,26)(H,25,27). The largest absolute Gasteiger partial charge is 0.312 e. The van der Waals surface area contributed by atoms with Gasteiger partial charge < -0.3 is 9.97 Å². The van der Waals surface area contributed by atoms with Crippen LogP contribution in [0.15, 0.2) is 87.8 Å². The molecule has 0 atom stereocenters. The highest BCUT2D eigenvalue weighted by Gasteiger charge is 2.29. The second-order valence-electron chi connectivity index (χ2n) is 6.69. The molecule has 0 unspecified atom stereocenters. The first-order chi connectivity index (χ1) is 14.7. The van der Waals surface area contributed by atoms with Crippen LogP contribution in [0.25, 0.3) is 22.5 Å². The minimum absolute atomic E-state index is 0.102. The third kappa shape index (κ3) is 3.52. The molecule has 0 spiro atoms. The summed E-state index contributed by atoms with van der Waals surface area (Å²) in [5, 5.41) is 2.03. The Kier molecular flexibility index (Phi) is 5.08. The zero-order chi connectivity index (χ0) is 20.5. The predicted molar refractivity (Wildman–Crippen MR) is 126 cm³/mol. The van der Waals surface area contributed by atoms with Gasteiger partial charge in [0.25, 0.3) is 0 Å². The number of aromatic amines is 2. The van der Waals surface area contributed by atoms with Crippen LogP contribution in [0.4, 0.5) is 0 Å². The van der Waals surface area contributed by atoms with Crippen molar-refractivity contribution in [1.29, 1.82) is 0 Å². The fourth-order valence-corrected chi connectivity index (χ4v) is 6.60. The molecular weight excluding hydrogens is 432 g/mol. The average molecular weight is 449 g/mol. The molecule has 0 amide bonds. The summed E-state index contributed by atoms with van der Waals surface area (Å²) in [6, 6.07) is 23.8. The summed E-state index contributed by atoms with van der Waals surface area (Å²) in [5.74, 6) is -0.205. The second kappa shape index (κ2) is 8.02. The SMILES string of the molecule is O=c1[nH]c(-c2ccccc2)c(C(c2cccs2)c2sc(=O)[nH]c2-c2ccccc2)s1. The number of nitrogens with one attached hydrogen (secondary N) is 2. The molecule has 0 radical (unpaired) electrons. The van der Waals surface area contributed by atoms with Crippen LogP contribution in [0.3, 0.4) is 0 Å². The van der Waals surface area contributed by atoms with Crippen molar-refractivity contribution in [2.45, 2.75) is 5.92 Å². The summed E-state index contributed by atoms with van der Waals surface area (Å²) in [6.07, 6.45) is 0. The number of benzene rings is 2. The van der Waals surface area contributed by atoms with Gasteiger partial charge in [-0.05, 0) is 22.6 Å². The monoisotopic (exact) mass is 448 g/mol. The normalized spacial score (nSPS) is 11.2. The molecule has 0 aliphatic heterocycles. The molecule has 30 heavy (non-hydrogen) atoms. The van der Waals surface area contributed by atoms with Gasteiger partial charge in [-0.1, -0.05) is 89.4 Å². The van der Waals surface area contributed by atoms with Gasteiger partial charge in [0.05, 0.1) is 17.3 Å². The molecule has 5 aromatic rings. The molecule has 2 N–H and O–H groups in total. The van der Waals surface area contributed by atoms with E-state index in [0.717, 1.165) is 37.1 Å². The molecule has 3 heterocycles. The van der Waals surface area contributed by atoms with E-state index in [1.165, 1.54) is 22.7 Å². The van der Waals surface area contributed by atoms with Gasteiger partial charge in [0.15, 0.2) is 0 Å². The highest BCUT2D eigenvalue weighted by Crippen LogP contribution is 2.44. The van der Waals surface area contributed by atoms with E-state index in [-0.39, 0.29) is 15.7 Å². The van der Waals surface area contributed by atoms with Gasteiger partial charge in [0.1, 0.15) is 0 Å². The highest BCUT2D eigenvalue weighted by molar-refractivity contribution is 7.13. The molecule has 7 heteroatoms. The number of thiazole rings is 2. The smallest absolute Gasteiger partial charge is 0.305 e. The molecular formula is C23H16N2O2S3. The summed E-state index contributed by atoms with van der Waals surface area (Å²) in [7, 11) is 0. The molecule has 0 saturated carbocycles. The highest BCUT2D eigenvalue weighted by atomic mass is 32.1. The van der Waals surface area contributed by atoms with E-state index in [9.17, 15) is 9.59 Å². The van der Waals surface area contributed by atoms with E-state index >= 15 is 0 Å². The zero-order valence-electron chi connectivity index (χ0n) is 15.6. The number of H-pyrrole nitrogens is 2. The zero-order valence-corrected chi connectivity index (χ0v) is 18.1. The van der Waals surface area contributed by atoms with Gasteiger partial charge in [-0.2, -0.15) is 0 Å². The van der Waals surface area contributed by atoms with Crippen molar-refractivity contribution in [2.75, 3.05) is 0 Å². The van der Waals surface area contributed by atoms with Crippen molar-refractivity contribution in [2.24, 2.45) is 0 Å². The summed E-state index contributed by atoms with van der Waals surface area (Å²) in [4.78, 5) is 33.7. The first kappa shape index (κ1) is 19.0. The van der Waals surface area contributed by atoms with Crippen LogP contribution in [0.5, 0.6) is 0 Å². The molecule has 0 fully saturated rings. The van der Waals surface area contributed by atoms with E-state index in [4.69, 9.17) is 0 Å². The van der Waals surface area contributed by atoms with Crippen molar-refractivity contribution in [3.05, 3.63) is 112 Å². The molecule has 2 aromatic carbocycles. The van der Waals surface area contributed by atoms with Crippen molar-refractivity contribution < 1.29 is 0 Å². The maximum absolute atomic E-state index is 12.5. The van der Waals surface area contributed by atoms with E-state index in [1.807, 2.05) is 72.1 Å². The molecule has 5 rings (SSSR count). The maximum Gasteiger partial charge on any atom is 0.305 e. The van der Waals surface area contributed by atoms with E-state index in [2.05, 4.69) is 16.0 Å². The Morgan fingerprint density at radius 1 is 0.633 bits per heavy atom. The van der Waals surface area contributed by atoms with Crippen molar-refractivity contribution in [3.63, 3.8) is 0 Å². The number of thiophene rings is 1. The number of hydrogen-bond acceptors (Lipinski definition) is 5. The first-order valence-corrected chi connectivity index (χ1v) is 11.8. The van der Waals surface area contributed by atoms with Crippen LogP contribution in [-0.2, 0) is 0 Å². The van der Waals surface area contributed by atoms with E-state index in [0.29, 0.717) is 0 Å². The third-order valence-corrected chi connectivity index (χ3v) is 7.66. The number of rotatable bonds is 5. The Balaban J connectivity index is 1.77. The molecule has 3 aromatic heterocycles. The minimum Gasteiger partial charge on any atom is -0.312 e. The fraction of sp³-hybridized carbons (Fsp3) is 0.0435. The van der Waals surface area contributed by atoms with E-state index < -0.39 is 0 Å². The van der Waals surface area contributed by atoms with Crippen LogP contribution < -0.4 is 9.75 Å². The predicted octanol–water partition coefficient (Wildman–Crippen LogP) is 5.76. The Bertz CT molecular complexity index is 1290. The van der Waals surface area contributed by atoms with Gasteiger partial charge in [0.2, 0.25) is 0 Å². The Morgan fingerprint density at radius 2 is 1.13 bits per heavy atom. The van der Waals surface area contributed by atoms with Gasteiger partial charge in [-0.15, -0.1) is 11.3 Å². The fourth-order valence-electron chi connectivity index (χ4n) is 3.56. The van der Waals surface area contributed by atoms with Crippen molar-refractivity contribution in [1.82, 2.24) is 9.97 Å². The lowest BCUT2D eigenvalue weighted by molar-refractivity contribution is 1.06. The summed E-state index contributed by atoms with van der Waals surface area (Å²) in [5.41, 5.74) is 3.53. The van der Waals surface area contributed by atoms with E-state index in [1.54, 1.807) is 11.3 Å². The molecule has 0 aliphatic rings. The molecule has 148 valence electrons. The molecule has 0 aliphatic carbocycles. The van der Waals surface area contributed by atoms with Crippen LogP contribution in [0.1, 0.15) is 20.5 Å². The van der Waals surface area contributed by atoms with Crippen molar-refractivity contribution in [3.8, 4) is 22.5 Å². The molecule has 0 bridgehead atoms. The van der Waals surface area contributed by atoms with Crippen LogP contribution in [0, 0.1) is 0 Å². The maximum atomic E-state index is 12.5. The van der Waals surface area contributed by atoms with Gasteiger partial charge in [-0.3, -0.25) is 9.59 Å². The lowest BCUT2D eigenvalue weighted by Crippen LogP contribution is -2.01. The third-order valence-electron chi connectivity index (χ3n) is 4.83. The van der Waals surface area contributed by atoms with Gasteiger partial charge >= 0.3 is 9.75 Å². The minimum atomic E-state index is -0.205. The van der Waals surface area contributed by atoms with Crippen LogP contribution in [-0.4, -0.2) is 9.97 Å². The number of hydrogen-bond donors (Lipinski definition) is 2. The quantitative estimate of drug-likeness (QED) is 0.359. The summed E-state index contributed by atoms with van der Waals surface area (Å²) in [6.45, 7) is 0. The van der Waals surface area contributed by atoms with Gasteiger partial charge in [0, 0.05) is 14.6 Å². The Morgan fingerprint density at radius 3 is 1.57 bits per heavy atom. The average Bonchev–Trinajstić information content (AvgIpc) is 3.51. The summed E-state index contributed by atoms with van der Waals surface area (Å²) >= 11 is 4.05. The lowest BCUT2D eigenvalue weighted by Gasteiger charge is -2.16. The lowest BCUT2D eigenvalue weighted by atomic mass is 9.96. The second-order valence-corrected chi connectivity index (χ2v) is 9.70.